The van der Waals surface area contributed by atoms with Gasteiger partial charge in [0.15, 0.2) is 0 Å². The summed E-state index contributed by atoms with van der Waals surface area (Å²) in [4.78, 5) is 0. The maximum absolute atomic E-state index is 9.39. The average molecular weight is 340 g/mol. The van der Waals surface area contributed by atoms with Crippen molar-refractivity contribution in [3.8, 4) is 0 Å². The molecule has 0 amide bonds. The molecule has 0 bridgehead atoms. The molecule has 1 radical (unpaired) electrons. The number of rotatable bonds is 3. The molecule has 4 heteroatoms. The third-order valence-electron chi connectivity index (χ3n) is 3.39. The third kappa shape index (κ3) is 2.85. The topological polar surface area (TPSA) is 38.0 Å². The van der Waals surface area contributed by atoms with Crippen molar-refractivity contribution in [3.05, 3.63) is 65.4 Å². The Labute approximate surface area is 143 Å². The van der Waals surface area contributed by atoms with Gasteiger partial charge in [-0.15, -0.1) is 5.56 Å². The van der Waals surface area contributed by atoms with Crippen LogP contribution in [0, 0.1) is 13.0 Å². The first kappa shape index (κ1) is 15.4. The minimum Gasteiger partial charge on any atom is -0.390 e. The smallest absolute Gasteiger partial charge is 0.0957 e. The second-order valence-corrected chi connectivity index (χ2v) is 4.63. The van der Waals surface area contributed by atoms with Crippen LogP contribution in [-0.2, 0) is 45.9 Å². The molecule has 2 aromatic carbocycles. The van der Waals surface area contributed by atoms with Crippen LogP contribution in [0.15, 0.2) is 42.5 Å². The van der Waals surface area contributed by atoms with E-state index in [9.17, 15) is 5.11 Å². The Balaban J connectivity index is 0.00000147. The monoisotopic (exact) mass is 340 g/mol. The zero-order valence-electron chi connectivity index (χ0n) is 11.4. The molecule has 1 aromatic heterocycles. The number of aliphatic hydroxyl groups is 1. The number of hydrogen-bond acceptors (Lipinski definition) is 2. The molecule has 0 saturated heterocycles. The van der Waals surface area contributed by atoms with Gasteiger partial charge in [-0.1, -0.05) is 25.1 Å². The summed E-state index contributed by atoms with van der Waals surface area (Å²) in [6.45, 7) is 2.75. The Morgan fingerprint density at radius 2 is 2.05 bits per heavy atom. The number of hydrogen-bond donors (Lipinski definition) is 1. The van der Waals surface area contributed by atoms with Gasteiger partial charge in [0.2, 0.25) is 0 Å². The van der Waals surface area contributed by atoms with Gasteiger partial charge in [0, 0.05) is 44.6 Å². The molecule has 0 fully saturated rings. The first-order valence-electron chi connectivity index (χ1n) is 6.30. The summed E-state index contributed by atoms with van der Waals surface area (Å²) in [7, 11) is 0. The first-order chi connectivity index (χ1) is 9.29. The molecule has 0 unspecified atom stereocenters. The summed E-state index contributed by atoms with van der Waals surface area (Å²) < 4.78 is 1.95. The Hall–Kier alpha value is -1.03. The SMILES string of the molecule is Cc1c[c-]ccc1Cn1nc(CO)c2ccccc21.[Y]. The molecule has 3 nitrogen and oxygen atoms in total. The van der Waals surface area contributed by atoms with Crippen LogP contribution in [-0.4, -0.2) is 14.9 Å². The van der Waals surface area contributed by atoms with Gasteiger partial charge in [-0.2, -0.15) is 34.9 Å². The molecule has 1 heterocycles. The number of aromatic nitrogens is 2. The van der Waals surface area contributed by atoms with Crippen molar-refractivity contribution in [1.82, 2.24) is 9.78 Å². The summed E-state index contributed by atoms with van der Waals surface area (Å²) in [6, 6.07) is 17.0. The van der Waals surface area contributed by atoms with E-state index in [1.165, 1.54) is 11.1 Å². The molecule has 99 valence electrons. The second kappa shape index (κ2) is 6.62. The van der Waals surface area contributed by atoms with Crippen LogP contribution in [0.2, 0.25) is 0 Å². The number of fused-ring (bicyclic) bond motifs is 1. The summed E-state index contributed by atoms with van der Waals surface area (Å²) in [5.41, 5.74) is 4.21. The standard InChI is InChI=1S/C16H15N2O.Y/c1-12-6-2-3-7-13(12)10-18-16-9-5-4-8-14(16)15(11-19)17-18;/h3-9,19H,10-11H2,1H3;/q-1;. The zero-order chi connectivity index (χ0) is 13.2. The molecule has 0 saturated carbocycles. The largest absolute Gasteiger partial charge is 0.390 e. The molecule has 0 aliphatic carbocycles. The molecule has 0 atom stereocenters. The van der Waals surface area contributed by atoms with Crippen molar-refractivity contribution in [2.75, 3.05) is 0 Å². The summed E-state index contributed by atoms with van der Waals surface area (Å²) in [6.07, 6.45) is 0. The van der Waals surface area contributed by atoms with Crippen LogP contribution in [0.4, 0.5) is 0 Å². The molecule has 20 heavy (non-hydrogen) atoms. The van der Waals surface area contributed by atoms with Crippen molar-refractivity contribution in [2.45, 2.75) is 20.1 Å². The van der Waals surface area contributed by atoms with E-state index in [0.717, 1.165) is 16.6 Å². The second-order valence-electron chi connectivity index (χ2n) is 4.63. The Bertz CT molecular complexity index is 721. The van der Waals surface area contributed by atoms with Gasteiger partial charge < -0.3 is 5.11 Å². The van der Waals surface area contributed by atoms with Gasteiger partial charge in [0.25, 0.3) is 0 Å². The van der Waals surface area contributed by atoms with Gasteiger partial charge in [-0.3, -0.25) is 4.68 Å². The summed E-state index contributed by atoms with van der Waals surface area (Å²) >= 11 is 0. The van der Waals surface area contributed by atoms with Gasteiger partial charge in [0.05, 0.1) is 17.8 Å². The predicted octanol–water partition coefficient (Wildman–Crippen LogP) is 2.68. The Kier molecular flexibility index (Phi) is 5.08. The minimum atomic E-state index is -0.0327. The molecular formula is C16H15N2OY-. The number of nitrogens with zero attached hydrogens (tertiary/aromatic N) is 2. The summed E-state index contributed by atoms with van der Waals surface area (Å²) in [5.74, 6) is 0. The number of para-hydroxylation sites is 1. The van der Waals surface area contributed by atoms with Gasteiger partial charge in [0.1, 0.15) is 0 Å². The van der Waals surface area contributed by atoms with Crippen LogP contribution in [0.5, 0.6) is 0 Å². The quantitative estimate of drug-likeness (QED) is 0.745. The maximum Gasteiger partial charge on any atom is 0.0957 e. The van der Waals surface area contributed by atoms with Crippen LogP contribution in [0.1, 0.15) is 16.8 Å². The van der Waals surface area contributed by atoms with Gasteiger partial charge >= 0.3 is 0 Å². The van der Waals surface area contributed by atoms with E-state index >= 15 is 0 Å². The molecule has 1 N–H and O–H groups in total. The molecule has 0 aliphatic heterocycles. The van der Waals surface area contributed by atoms with Crippen molar-refractivity contribution < 1.29 is 37.8 Å². The van der Waals surface area contributed by atoms with Crippen molar-refractivity contribution in [2.24, 2.45) is 0 Å². The molecule has 0 spiro atoms. The van der Waals surface area contributed by atoms with E-state index in [1.54, 1.807) is 0 Å². The molecule has 0 aliphatic rings. The Morgan fingerprint density at radius 3 is 2.80 bits per heavy atom. The summed E-state index contributed by atoms with van der Waals surface area (Å²) in [5, 5.41) is 14.9. The van der Waals surface area contributed by atoms with E-state index < -0.39 is 0 Å². The van der Waals surface area contributed by atoms with Crippen LogP contribution in [0.3, 0.4) is 0 Å². The van der Waals surface area contributed by atoms with Crippen molar-refractivity contribution in [3.63, 3.8) is 0 Å². The number of aryl methyl sites for hydroxylation is 1. The molecule has 3 aromatic rings. The zero-order valence-corrected chi connectivity index (χ0v) is 14.2. The van der Waals surface area contributed by atoms with Crippen molar-refractivity contribution in [1.29, 1.82) is 0 Å². The average Bonchev–Trinajstić information content (AvgIpc) is 2.80. The van der Waals surface area contributed by atoms with Crippen LogP contribution in [0.25, 0.3) is 10.9 Å². The molecular weight excluding hydrogens is 325 g/mol. The van der Waals surface area contributed by atoms with E-state index in [4.69, 9.17) is 0 Å². The predicted molar refractivity (Wildman–Crippen MR) is 74.8 cm³/mol. The van der Waals surface area contributed by atoms with E-state index in [0.29, 0.717) is 6.54 Å². The van der Waals surface area contributed by atoms with E-state index in [2.05, 4.69) is 24.2 Å². The normalized spacial score (nSPS) is 10.5. The van der Waals surface area contributed by atoms with Crippen LogP contribution >= 0.6 is 0 Å². The first-order valence-corrected chi connectivity index (χ1v) is 6.30. The van der Waals surface area contributed by atoms with Gasteiger partial charge in [-0.25, -0.2) is 0 Å². The molecule has 3 rings (SSSR count). The van der Waals surface area contributed by atoms with Crippen molar-refractivity contribution >= 4 is 10.9 Å². The van der Waals surface area contributed by atoms with Crippen LogP contribution < -0.4 is 0 Å². The fraction of sp³-hybridized carbons (Fsp3) is 0.188. The Morgan fingerprint density at radius 1 is 1.25 bits per heavy atom. The fourth-order valence-electron chi connectivity index (χ4n) is 2.32. The van der Waals surface area contributed by atoms with E-state index in [-0.39, 0.29) is 39.3 Å². The fourth-order valence-corrected chi connectivity index (χ4v) is 2.32. The van der Waals surface area contributed by atoms with Gasteiger partial charge in [-0.05, 0) is 6.07 Å². The number of benzene rings is 2. The maximum atomic E-state index is 9.39. The number of aliphatic hydroxyl groups excluding tert-OH is 1. The third-order valence-corrected chi connectivity index (χ3v) is 3.39. The minimum absolute atomic E-state index is 0. The van der Waals surface area contributed by atoms with E-state index in [1.807, 2.05) is 41.1 Å².